The first kappa shape index (κ1) is 33.1. The Morgan fingerprint density at radius 2 is 1.67 bits per heavy atom. The van der Waals surface area contributed by atoms with Gasteiger partial charge in [-0.15, -0.1) is 0 Å². The van der Waals surface area contributed by atoms with Gasteiger partial charge in [-0.25, -0.2) is 4.39 Å². The average molecular weight is 710 g/mol. The molecule has 4 aliphatic rings. The Morgan fingerprint density at radius 3 is 2.35 bits per heavy atom. The maximum Gasteiger partial charge on any atom is 0.488 e. The number of aliphatic hydroxyl groups is 1. The van der Waals surface area contributed by atoms with Crippen LogP contribution in [0.25, 0.3) is 0 Å². The number of nitrogens with one attached hydrogen (secondary N) is 1. The summed E-state index contributed by atoms with van der Waals surface area (Å²) < 4.78 is 20.0. The van der Waals surface area contributed by atoms with E-state index >= 15 is 4.79 Å². The third-order valence-corrected chi connectivity index (χ3v) is 11.1. The SMILES string of the molecule is O=C1[C@@H]2C[C@@H]3C(=CC[C@@H]4C(=O)N(c5cccc(B(O)O)c5)C(=O)[C@@H]43)[C@H](c3ccc(CO)o3)[C@]2(c2ccc(Cl)cc2)C(=O)N1Nc1ccc(F)cc1. The number of aliphatic hydroxyl groups excluding tert-OH is 1. The number of halogens is 2. The normalized spacial score (nSPS) is 26.9. The van der Waals surface area contributed by atoms with E-state index in [1.54, 1.807) is 42.5 Å². The minimum atomic E-state index is -1.82. The van der Waals surface area contributed by atoms with Gasteiger partial charge in [0.15, 0.2) is 0 Å². The molecule has 4 amide bonds. The summed E-state index contributed by atoms with van der Waals surface area (Å²) in [4.78, 5) is 59.2. The van der Waals surface area contributed by atoms with Crippen molar-refractivity contribution >= 4 is 59.2 Å². The fraction of sp³-hybridized carbons (Fsp3) is 0.243. The lowest BCUT2D eigenvalue weighted by atomic mass is 9.50. The molecule has 2 aliphatic carbocycles. The van der Waals surface area contributed by atoms with Gasteiger partial charge < -0.3 is 19.6 Å². The Bertz CT molecular complexity index is 2120. The van der Waals surface area contributed by atoms with Crippen LogP contribution in [0.15, 0.2) is 101 Å². The highest BCUT2D eigenvalue weighted by molar-refractivity contribution is 6.58. The second-order valence-corrected chi connectivity index (χ2v) is 13.8. The van der Waals surface area contributed by atoms with Gasteiger partial charge in [0.2, 0.25) is 11.8 Å². The summed E-state index contributed by atoms with van der Waals surface area (Å²) in [5, 5.41) is 30.9. The van der Waals surface area contributed by atoms with Crippen LogP contribution in [0.1, 0.15) is 35.8 Å². The van der Waals surface area contributed by atoms with Crippen molar-refractivity contribution in [3.8, 4) is 0 Å². The van der Waals surface area contributed by atoms with Crippen LogP contribution < -0.4 is 15.8 Å². The van der Waals surface area contributed by atoms with Crippen molar-refractivity contribution in [3.63, 3.8) is 0 Å². The molecule has 8 rings (SSSR count). The van der Waals surface area contributed by atoms with Crippen molar-refractivity contribution in [2.24, 2.45) is 23.7 Å². The summed E-state index contributed by atoms with van der Waals surface area (Å²) in [5.74, 6) is -6.52. The quantitative estimate of drug-likeness (QED) is 0.128. The van der Waals surface area contributed by atoms with Crippen molar-refractivity contribution in [2.75, 3.05) is 10.3 Å². The van der Waals surface area contributed by atoms with Gasteiger partial charge in [0, 0.05) is 5.02 Å². The lowest BCUT2D eigenvalue weighted by Gasteiger charge is -2.49. The van der Waals surface area contributed by atoms with E-state index < -0.39 is 78.2 Å². The number of hydrogen-bond donors (Lipinski definition) is 4. The summed E-state index contributed by atoms with van der Waals surface area (Å²) in [6.07, 6.45) is 2.04. The number of rotatable bonds is 7. The third kappa shape index (κ3) is 4.98. The predicted octanol–water partition coefficient (Wildman–Crippen LogP) is 3.43. The standard InChI is InChI=1S/C37H30BClFN3O8/c39-21-6-4-19(5-7-21)37-29(34(46)43(36(37)48)41-23-10-8-22(40)9-11-23)17-28-26(32(37)30-15-12-25(18-44)51-30)13-14-27-31(28)35(47)42(33(27)45)24-3-1-2-20(16-24)38(49)50/h1-13,15-16,27-29,31-32,41,44,49-50H,14,17-18H2/t27-,28+,29-,31-,32+,37+/m0/s1. The van der Waals surface area contributed by atoms with E-state index in [1.165, 1.54) is 42.5 Å². The molecule has 4 aromatic rings. The molecule has 0 unspecified atom stereocenters. The Labute approximate surface area is 296 Å². The number of benzene rings is 3. The van der Waals surface area contributed by atoms with Crippen molar-refractivity contribution in [1.82, 2.24) is 5.01 Å². The highest BCUT2D eigenvalue weighted by atomic mass is 35.5. The molecule has 258 valence electrons. The number of hydrogen-bond acceptors (Lipinski definition) is 9. The summed E-state index contributed by atoms with van der Waals surface area (Å²) in [6.45, 7) is -0.425. The Balaban J connectivity index is 1.29. The van der Waals surface area contributed by atoms with Crippen LogP contribution in [0.5, 0.6) is 0 Å². The molecule has 3 aromatic carbocycles. The molecule has 14 heteroatoms. The number of furan rings is 1. The predicted molar refractivity (Wildman–Crippen MR) is 182 cm³/mol. The van der Waals surface area contributed by atoms with E-state index in [1.807, 2.05) is 6.08 Å². The molecule has 2 aliphatic heterocycles. The molecule has 0 spiro atoms. The van der Waals surface area contributed by atoms with Crippen LogP contribution in [0.3, 0.4) is 0 Å². The lowest BCUT2D eigenvalue weighted by Crippen LogP contribution is -2.53. The maximum atomic E-state index is 15.1. The zero-order valence-corrected chi connectivity index (χ0v) is 27.5. The smallest absolute Gasteiger partial charge is 0.463 e. The van der Waals surface area contributed by atoms with E-state index in [4.69, 9.17) is 16.0 Å². The average Bonchev–Trinajstić information content (AvgIpc) is 3.77. The number of anilines is 2. The zero-order chi connectivity index (χ0) is 35.8. The van der Waals surface area contributed by atoms with Gasteiger partial charge in [0.1, 0.15) is 29.4 Å². The van der Waals surface area contributed by atoms with Crippen LogP contribution >= 0.6 is 11.6 Å². The van der Waals surface area contributed by atoms with E-state index in [2.05, 4.69) is 5.43 Å². The minimum Gasteiger partial charge on any atom is -0.463 e. The first-order chi connectivity index (χ1) is 24.5. The van der Waals surface area contributed by atoms with Crippen LogP contribution in [0.4, 0.5) is 15.8 Å². The van der Waals surface area contributed by atoms with Crippen molar-refractivity contribution in [2.45, 2.75) is 30.8 Å². The first-order valence-corrected chi connectivity index (χ1v) is 16.8. The van der Waals surface area contributed by atoms with Crippen LogP contribution in [-0.2, 0) is 31.2 Å². The number of fused-ring (bicyclic) bond motifs is 4. The van der Waals surface area contributed by atoms with E-state index in [0.29, 0.717) is 21.8 Å². The number of amides is 4. The monoisotopic (exact) mass is 709 g/mol. The highest BCUT2D eigenvalue weighted by Gasteiger charge is 2.71. The van der Waals surface area contributed by atoms with Gasteiger partial charge >= 0.3 is 7.12 Å². The number of carbonyl (C=O) groups excluding carboxylic acids is 4. The molecule has 11 nitrogen and oxygen atoms in total. The van der Waals surface area contributed by atoms with Gasteiger partial charge in [-0.3, -0.25) is 29.5 Å². The van der Waals surface area contributed by atoms with E-state index in [9.17, 15) is 33.9 Å². The largest absolute Gasteiger partial charge is 0.488 e. The zero-order valence-electron chi connectivity index (χ0n) is 26.8. The fourth-order valence-electron chi connectivity index (χ4n) is 8.68. The molecule has 2 saturated heterocycles. The van der Waals surface area contributed by atoms with Crippen LogP contribution in [-0.4, -0.2) is 50.9 Å². The summed E-state index contributed by atoms with van der Waals surface area (Å²) in [6, 6.07) is 21.0. The van der Waals surface area contributed by atoms with Gasteiger partial charge in [-0.2, -0.15) is 5.01 Å². The summed E-state index contributed by atoms with van der Waals surface area (Å²) >= 11 is 6.31. The molecule has 3 heterocycles. The van der Waals surface area contributed by atoms with Crippen molar-refractivity contribution in [1.29, 1.82) is 0 Å². The van der Waals surface area contributed by atoms with Crippen molar-refractivity contribution in [3.05, 3.63) is 125 Å². The Hall–Kier alpha value is -5.08. The second kappa shape index (κ2) is 12.3. The molecule has 1 aromatic heterocycles. The Kier molecular flexibility index (Phi) is 7.98. The second-order valence-electron chi connectivity index (χ2n) is 13.3. The minimum absolute atomic E-state index is 0.0219. The molecule has 51 heavy (non-hydrogen) atoms. The van der Waals surface area contributed by atoms with Crippen molar-refractivity contribution < 1.29 is 43.1 Å². The van der Waals surface area contributed by atoms with E-state index in [0.717, 1.165) is 9.91 Å². The number of imide groups is 2. The van der Waals surface area contributed by atoms with Gasteiger partial charge in [-0.1, -0.05) is 47.5 Å². The summed E-state index contributed by atoms with van der Waals surface area (Å²) in [7, 11) is -1.82. The maximum absolute atomic E-state index is 15.1. The number of carbonyl (C=O) groups is 4. The number of allylic oxidation sites excluding steroid dienone is 2. The molecular formula is C37H30BClFN3O8. The third-order valence-electron chi connectivity index (χ3n) is 10.8. The molecule has 4 N–H and O–H groups in total. The van der Waals surface area contributed by atoms with Gasteiger partial charge in [0.05, 0.1) is 35.0 Å². The molecule has 0 bridgehead atoms. The molecule has 1 saturated carbocycles. The fourth-order valence-corrected chi connectivity index (χ4v) is 8.80. The van der Waals surface area contributed by atoms with Crippen LogP contribution in [0, 0.1) is 29.5 Å². The van der Waals surface area contributed by atoms with Gasteiger partial charge in [-0.05, 0) is 90.4 Å². The topological polar surface area (TPSA) is 161 Å². The molecule has 3 fully saturated rings. The highest BCUT2D eigenvalue weighted by Crippen LogP contribution is 2.64. The lowest BCUT2D eigenvalue weighted by molar-refractivity contribution is -0.138. The van der Waals surface area contributed by atoms with Gasteiger partial charge in [0.25, 0.3) is 11.8 Å². The van der Waals surface area contributed by atoms with Crippen LogP contribution in [0.2, 0.25) is 5.02 Å². The number of nitrogens with zero attached hydrogens (tertiary/aromatic N) is 2. The Morgan fingerprint density at radius 1 is 0.922 bits per heavy atom. The summed E-state index contributed by atoms with van der Waals surface area (Å²) in [5.41, 5.74) is 2.97. The number of hydrazine groups is 1. The molecular weight excluding hydrogens is 680 g/mol. The molecule has 0 radical (unpaired) electrons. The first-order valence-electron chi connectivity index (χ1n) is 16.4. The van der Waals surface area contributed by atoms with E-state index in [-0.39, 0.29) is 35.5 Å². The molecule has 6 atom stereocenters.